The smallest absolute Gasteiger partial charge is 0.263 e. The molecule has 0 radical (unpaired) electrons. The van der Waals surface area contributed by atoms with Crippen LogP contribution in [0.4, 0.5) is 5.69 Å². The second-order valence-corrected chi connectivity index (χ2v) is 7.69. The predicted octanol–water partition coefficient (Wildman–Crippen LogP) is 4.23. The summed E-state index contributed by atoms with van der Waals surface area (Å²) < 4.78 is 28.1. The molecule has 0 saturated heterocycles. The average molecular weight is 365 g/mol. The van der Waals surface area contributed by atoms with Crippen LogP contribution in [-0.4, -0.2) is 13.4 Å². The monoisotopic (exact) mass is 365 g/mol. The van der Waals surface area contributed by atoms with E-state index in [0.717, 1.165) is 16.8 Å². The van der Waals surface area contributed by atoms with Gasteiger partial charge in [-0.3, -0.25) is 4.72 Å². The summed E-state index contributed by atoms with van der Waals surface area (Å²) in [7, 11) is -3.73. The molecule has 2 aromatic carbocycles. The molecule has 0 atom stereocenters. The minimum atomic E-state index is -3.73. The van der Waals surface area contributed by atoms with Crippen molar-refractivity contribution in [1.82, 2.24) is 4.98 Å². The molecule has 0 aliphatic carbocycles. The number of nitrogens with zero attached hydrogens (tertiary/aromatic N) is 1. The van der Waals surface area contributed by atoms with Crippen LogP contribution in [0.25, 0.3) is 11.3 Å². The van der Waals surface area contributed by atoms with Gasteiger partial charge in [0, 0.05) is 11.9 Å². The number of aryl methyl sites for hydroxylation is 2. The standard InChI is InChI=1S/C20H19N3O2S/c1-3-15-10-19(14(2)9-17(15)12-21)23-26(24,25)18-11-20(22-13-18)16-7-5-4-6-8-16/h4-11,13,22-23H,3H2,1-2H3. The molecule has 0 bridgehead atoms. The molecule has 3 aromatic rings. The Morgan fingerprint density at radius 1 is 1.15 bits per heavy atom. The van der Waals surface area contributed by atoms with Gasteiger partial charge in [0.2, 0.25) is 0 Å². The summed E-state index contributed by atoms with van der Waals surface area (Å²) in [5.41, 5.74) is 4.23. The third-order valence-electron chi connectivity index (χ3n) is 4.25. The number of aromatic nitrogens is 1. The summed E-state index contributed by atoms with van der Waals surface area (Å²) in [5.74, 6) is 0. The van der Waals surface area contributed by atoms with Gasteiger partial charge in [-0.15, -0.1) is 0 Å². The molecule has 0 spiro atoms. The SMILES string of the molecule is CCc1cc(NS(=O)(=O)c2c[nH]c(-c3ccccc3)c2)c(C)cc1C#N. The Hall–Kier alpha value is -3.04. The molecule has 1 heterocycles. The highest BCUT2D eigenvalue weighted by Gasteiger charge is 2.18. The van der Waals surface area contributed by atoms with E-state index < -0.39 is 10.0 Å². The fourth-order valence-electron chi connectivity index (χ4n) is 2.78. The number of sulfonamides is 1. The van der Waals surface area contributed by atoms with Gasteiger partial charge < -0.3 is 4.98 Å². The van der Waals surface area contributed by atoms with Crippen LogP contribution in [0.1, 0.15) is 23.6 Å². The molecule has 3 rings (SSSR count). The maximum Gasteiger partial charge on any atom is 0.263 e. The van der Waals surface area contributed by atoms with Crippen molar-refractivity contribution in [2.75, 3.05) is 4.72 Å². The van der Waals surface area contributed by atoms with Gasteiger partial charge in [0.15, 0.2) is 0 Å². The third-order valence-corrected chi connectivity index (χ3v) is 5.59. The largest absolute Gasteiger partial charge is 0.360 e. The van der Waals surface area contributed by atoms with Crippen molar-refractivity contribution in [3.8, 4) is 17.3 Å². The first-order valence-electron chi connectivity index (χ1n) is 8.25. The molecule has 0 saturated carbocycles. The number of hydrogen-bond acceptors (Lipinski definition) is 3. The highest BCUT2D eigenvalue weighted by atomic mass is 32.2. The van der Waals surface area contributed by atoms with Gasteiger partial charge >= 0.3 is 0 Å². The maximum absolute atomic E-state index is 12.8. The minimum absolute atomic E-state index is 0.165. The normalized spacial score (nSPS) is 11.1. The molecule has 1 aromatic heterocycles. The maximum atomic E-state index is 12.8. The number of H-pyrrole nitrogens is 1. The van der Waals surface area contributed by atoms with Gasteiger partial charge in [-0.05, 0) is 48.2 Å². The minimum Gasteiger partial charge on any atom is -0.360 e. The first-order chi connectivity index (χ1) is 12.4. The van der Waals surface area contributed by atoms with Crippen LogP contribution >= 0.6 is 0 Å². The Bertz CT molecular complexity index is 1080. The second kappa shape index (κ2) is 7.06. The first kappa shape index (κ1) is 17.8. The number of nitrogens with one attached hydrogen (secondary N) is 2. The van der Waals surface area contributed by atoms with E-state index in [0.29, 0.717) is 23.2 Å². The summed E-state index contributed by atoms with van der Waals surface area (Å²) in [6.07, 6.45) is 2.13. The number of anilines is 1. The van der Waals surface area contributed by atoms with Gasteiger partial charge in [0.1, 0.15) is 4.90 Å². The molecule has 0 aliphatic rings. The number of benzene rings is 2. The van der Waals surface area contributed by atoms with E-state index in [1.165, 1.54) is 6.20 Å². The zero-order valence-electron chi connectivity index (χ0n) is 14.6. The second-order valence-electron chi connectivity index (χ2n) is 6.01. The summed E-state index contributed by atoms with van der Waals surface area (Å²) in [6.45, 7) is 3.72. The van der Waals surface area contributed by atoms with Gasteiger partial charge in [0.05, 0.1) is 17.3 Å². The van der Waals surface area contributed by atoms with Crippen LogP contribution < -0.4 is 4.72 Å². The van der Waals surface area contributed by atoms with Crippen LogP contribution in [0.15, 0.2) is 59.6 Å². The molecule has 0 amide bonds. The Balaban J connectivity index is 1.93. The molecule has 6 heteroatoms. The molecule has 132 valence electrons. The fourth-order valence-corrected chi connectivity index (χ4v) is 3.89. The van der Waals surface area contributed by atoms with Crippen molar-refractivity contribution in [1.29, 1.82) is 5.26 Å². The van der Waals surface area contributed by atoms with Crippen LogP contribution in [-0.2, 0) is 16.4 Å². The molecule has 0 fully saturated rings. The first-order valence-corrected chi connectivity index (χ1v) is 9.73. The quantitative estimate of drug-likeness (QED) is 0.709. The molecular weight excluding hydrogens is 346 g/mol. The van der Waals surface area contributed by atoms with Crippen molar-refractivity contribution in [3.63, 3.8) is 0 Å². The zero-order chi connectivity index (χ0) is 18.7. The number of aromatic amines is 1. The van der Waals surface area contributed by atoms with Gasteiger partial charge in [-0.2, -0.15) is 5.26 Å². The Kier molecular flexibility index (Phi) is 4.83. The lowest BCUT2D eigenvalue weighted by atomic mass is 10.0. The van der Waals surface area contributed by atoms with E-state index >= 15 is 0 Å². The van der Waals surface area contributed by atoms with E-state index in [9.17, 15) is 13.7 Å². The third kappa shape index (κ3) is 3.48. The van der Waals surface area contributed by atoms with Gasteiger partial charge in [-0.25, -0.2) is 8.42 Å². The molecule has 2 N–H and O–H groups in total. The van der Waals surface area contributed by atoms with Crippen molar-refractivity contribution in [2.24, 2.45) is 0 Å². The molecular formula is C20H19N3O2S. The molecule has 0 unspecified atom stereocenters. The van der Waals surface area contributed by atoms with Crippen LogP contribution in [0.5, 0.6) is 0 Å². The van der Waals surface area contributed by atoms with E-state index in [1.54, 1.807) is 25.1 Å². The summed E-state index contributed by atoms with van der Waals surface area (Å²) in [4.78, 5) is 3.17. The Morgan fingerprint density at radius 2 is 1.88 bits per heavy atom. The average Bonchev–Trinajstić information content (AvgIpc) is 3.15. The summed E-state index contributed by atoms with van der Waals surface area (Å²) in [6, 6.07) is 16.7. The highest BCUT2D eigenvalue weighted by molar-refractivity contribution is 7.92. The molecule has 5 nitrogen and oxygen atoms in total. The van der Waals surface area contributed by atoms with Crippen molar-refractivity contribution < 1.29 is 8.42 Å². The number of hydrogen-bond donors (Lipinski definition) is 2. The Labute approximate surface area is 153 Å². The van der Waals surface area contributed by atoms with Crippen LogP contribution in [0.2, 0.25) is 0 Å². The van der Waals surface area contributed by atoms with Gasteiger partial charge in [-0.1, -0.05) is 37.3 Å². The lowest BCUT2D eigenvalue weighted by Gasteiger charge is -2.12. The summed E-state index contributed by atoms with van der Waals surface area (Å²) in [5, 5.41) is 9.19. The van der Waals surface area contributed by atoms with E-state index in [1.807, 2.05) is 37.3 Å². The van der Waals surface area contributed by atoms with Crippen molar-refractivity contribution in [3.05, 3.63) is 71.4 Å². The molecule has 26 heavy (non-hydrogen) atoms. The van der Waals surface area contributed by atoms with Crippen molar-refractivity contribution >= 4 is 15.7 Å². The summed E-state index contributed by atoms with van der Waals surface area (Å²) >= 11 is 0. The van der Waals surface area contributed by atoms with Crippen LogP contribution in [0, 0.1) is 18.3 Å². The lowest BCUT2D eigenvalue weighted by molar-refractivity contribution is 0.601. The van der Waals surface area contributed by atoms with Gasteiger partial charge in [0.25, 0.3) is 10.0 Å². The zero-order valence-corrected chi connectivity index (χ0v) is 15.4. The predicted molar refractivity (Wildman–Crippen MR) is 102 cm³/mol. The lowest BCUT2D eigenvalue weighted by Crippen LogP contribution is -2.13. The number of nitriles is 1. The Morgan fingerprint density at radius 3 is 2.54 bits per heavy atom. The topological polar surface area (TPSA) is 85.8 Å². The number of rotatable bonds is 5. The van der Waals surface area contributed by atoms with Crippen LogP contribution in [0.3, 0.4) is 0 Å². The van der Waals surface area contributed by atoms with Crippen molar-refractivity contribution in [2.45, 2.75) is 25.2 Å². The van der Waals surface area contributed by atoms with E-state index in [2.05, 4.69) is 15.8 Å². The van der Waals surface area contributed by atoms with E-state index in [-0.39, 0.29) is 4.90 Å². The fraction of sp³-hybridized carbons (Fsp3) is 0.150. The van der Waals surface area contributed by atoms with E-state index in [4.69, 9.17) is 0 Å². The molecule has 0 aliphatic heterocycles. The highest BCUT2D eigenvalue weighted by Crippen LogP contribution is 2.26.